The Bertz CT molecular complexity index is 1630. The molecule has 0 spiro atoms. The van der Waals surface area contributed by atoms with Crippen molar-refractivity contribution in [2.45, 2.75) is 0 Å². The highest BCUT2D eigenvalue weighted by molar-refractivity contribution is 7.26. The van der Waals surface area contributed by atoms with Gasteiger partial charge in [0.15, 0.2) is 0 Å². The molecule has 0 radical (unpaired) electrons. The molecule has 1 heterocycles. The minimum absolute atomic E-state index is 0.167. The number of fused-ring (bicyclic) bond motifs is 6. The van der Waals surface area contributed by atoms with E-state index in [0.717, 1.165) is 27.1 Å². The second-order valence-corrected chi connectivity index (χ2v) is 8.44. The summed E-state index contributed by atoms with van der Waals surface area (Å²) in [5.41, 5.74) is 1.75. The first-order chi connectivity index (χ1) is 14.7. The Morgan fingerprint density at radius 3 is 2.13 bits per heavy atom. The third kappa shape index (κ3) is 2.38. The molecule has 0 aliphatic carbocycles. The van der Waals surface area contributed by atoms with Crippen LogP contribution in [-0.4, -0.2) is 4.92 Å². The second-order valence-electron chi connectivity index (χ2n) is 7.39. The van der Waals surface area contributed by atoms with Crippen molar-refractivity contribution < 1.29 is 4.92 Å². The summed E-state index contributed by atoms with van der Waals surface area (Å²) >= 11 is 1.75. The van der Waals surface area contributed by atoms with Crippen LogP contribution in [0.3, 0.4) is 0 Å². The van der Waals surface area contributed by atoms with Gasteiger partial charge in [-0.1, -0.05) is 66.7 Å². The molecule has 0 fully saturated rings. The van der Waals surface area contributed by atoms with E-state index in [9.17, 15) is 10.1 Å². The Balaban J connectivity index is 1.85. The Hall–Kier alpha value is -3.76. The van der Waals surface area contributed by atoms with E-state index in [-0.39, 0.29) is 10.6 Å². The van der Waals surface area contributed by atoms with E-state index in [1.165, 1.54) is 14.8 Å². The average molecular weight is 405 g/mol. The Kier molecular flexibility index (Phi) is 3.64. The number of nitro groups is 1. The van der Waals surface area contributed by atoms with Gasteiger partial charge in [0.25, 0.3) is 5.69 Å². The molecule has 0 atom stereocenters. The van der Waals surface area contributed by atoms with E-state index >= 15 is 0 Å². The summed E-state index contributed by atoms with van der Waals surface area (Å²) in [7, 11) is 0. The number of thiophene rings is 1. The smallest absolute Gasteiger partial charge is 0.258 e. The fourth-order valence-electron chi connectivity index (χ4n) is 4.44. The molecule has 0 aliphatic rings. The molecule has 0 N–H and O–H groups in total. The lowest BCUT2D eigenvalue weighted by Crippen LogP contribution is -1.94. The van der Waals surface area contributed by atoms with Crippen LogP contribution in [0.2, 0.25) is 0 Å². The van der Waals surface area contributed by atoms with Gasteiger partial charge >= 0.3 is 0 Å². The number of rotatable bonds is 2. The van der Waals surface area contributed by atoms with Crippen molar-refractivity contribution >= 4 is 58.7 Å². The molecular weight excluding hydrogens is 390 g/mol. The molecule has 1 aromatic heterocycles. The van der Waals surface area contributed by atoms with Crippen molar-refractivity contribution in [3.63, 3.8) is 0 Å². The van der Waals surface area contributed by atoms with Gasteiger partial charge in [-0.15, -0.1) is 11.3 Å². The summed E-state index contributed by atoms with van der Waals surface area (Å²) < 4.78 is 2.36. The standard InChI is InChI=1S/C26H15NO2S/c28-27(29)25-18-9-3-1-7-16(18)13-14-20(25)22-15-17-8-2-4-10-19(17)26-24(22)21-11-5-6-12-23(21)30-26/h1-15H. The van der Waals surface area contributed by atoms with E-state index in [2.05, 4.69) is 30.3 Å². The number of hydrogen-bond acceptors (Lipinski definition) is 3. The van der Waals surface area contributed by atoms with Gasteiger partial charge in [0.05, 0.1) is 15.9 Å². The molecule has 0 unspecified atom stereocenters. The molecule has 6 rings (SSSR count). The van der Waals surface area contributed by atoms with Crippen molar-refractivity contribution in [2.24, 2.45) is 0 Å². The van der Waals surface area contributed by atoms with Gasteiger partial charge in [-0.3, -0.25) is 10.1 Å². The van der Waals surface area contributed by atoms with Crippen molar-refractivity contribution in [3.8, 4) is 11.1 Å². The van der Waals surface area contributed by atoms with Crippen LogP contribution in [0, 0.1) is 10.1 Å². The Morgan fingerprint density at radius 2 is 1.33 bits per heavy atom. The molecular formula is C26H15NO2S. The van der Waals surface area contributed by atoms with Crippen molar-refractivity contribution in [1.29, 1.82) is 0 Å². The molecule has 0 saturated heterocycles. The van der Waals surface area contributed by atoms with Crippen LogP contribution in [0.15, 0.2) is 91.0 Å². The molecule has 0 bridgehead atoms. The highest BCUT2D eigenvalue weighted by Gasteiger charge is 2.23. The molecule has 5 aromatic carbocycles. The van der Waals surface area contributed by atoms with Crippen LogP contribution in [-0.2, 0) is 0 Å². The normalized spacial score (nSPS) is 11.6. The van der Waals surface area contributed by atoms with Gasteiger partial charge in [0.2, 0.25) is 0 Å². The second kappa shape index (κ2) is 6.37. The first-order valence-electron chi connectivity index (χ1n) is 9.72. The van der Waals surface area contributed by atoms with E-state index in [1.807, 2.05) is 60.7 Å². The predicted molar refractivity (Wildman–Crippen MR) is 126 cm³/mol. The lowest BCUT2D eigenvalue weighted by molar-refractivity contribution is -0.382. The van der Waals surface area contributed by atoms with Crippen LogP contribution < -0.4 is 0 Å². The Morgan fingerprint density at radius 1 is 0.667 bits per heavy atom. The highest BCUT2D eigenvalue weighted by Crippen LogP contribution is 2.47. The highest BCUT2D eigenvalue weighted by atomic mass is 32.1. The third-order valence-corrected chi connectivity index (χ3v) is 6.95. The summed E-state index contributed by atoms with van der Waals surface area (Å²) in [6.07, 6.45) is 0. The molecule has 3 nitrogen and oxygen atoms in total. The van der Waals surface area contributed by atoms with E-state index in [0.29, 0.717) is 10.9 Å². The van der Waals surface area contributed by atoms with Gasteiger partial charge in [0.1, 0.15) is 0 Å². The molecule has 0 saturated carbocycles. The summed E-state index contributed by atoms with van der Waals surface area (Å²) in [5, 5.41) is 18.3. The van der Waals surface area contributed by atoms with Crippen molar-refractivity contribution in [2.75, 3.05) is 0 Å². The van der Waals surface area contributed by atoms with Crippen molar-refractivity contribution in [1.82, 2.24) is 0 Å². The zero-order valence-electron chi connectivity index (χ0n) is 15.8. The molecule has 30 heavy (non-hydrogen) atoms. The molecule has 6 aromatic rings. The van der Waals surface area contributed by atoms with Crippen LogP contribution >= 0.6 is 11.3 Å². The van der Waals surface area contributed by atoms with Gasteiger partial charge in [-0.05, 0) is 46.0 Å². The average Bonchev–Trinajstić information content (AvgIpc) is 3.17. The number of hydrogen-bond donors (Lipinski definition) is 0. The summed E-state index contributed by atoms with van der Waals surface area (Å²) in [4.78, 5) is 12.0. The predicted octanol–water partition coefficient (Wildman–Crippen LogP) is 7.94. The fourth-order valence-corrected chi connectivity index (χ4v) is 5.71. The van der Waals surface area contributed by atoms with E-state index in [1.54, 1.807) is 11.3 Å². The maximum absolute atomic E-state index is 12.2. The number of benzene rings is 5. The number of nitrogens with zero attached hydrogens (tertiary/aromatic N) is 1. The van der Waals surface area contributed by atoms with Gasteiger partial charge in [-0.2, -0.15) is 0 Å². The van der Waals surface area contributed by atoms with E-state index < -0.39 is 0 Å². The fraction of sp³-hybridized carbons (Fsp3) is 0. The lowest BCUT2D eigenvalue weighted by atomic mass is 9.92. The van der Waals surface area contributed by atoms with Crippen LogP contribution in [0.4, 0.5) is 5.69 Å². The minimum atomic E-state index is -0.243. The van der Waals surface area contributed by atoms with E-state index in [4.69, 9.17) is 0 Å². The monoisotopic (exact) mass is 405 g/mol. The molecule has 4 heteroatoms. The first kappa shape index (κ1) is 17.1. The Labute approximate surface area is 176 Å². The SMILES string of the molecule is O=[N+]([O-])c1c(-c2cc3ccccc3c3sc4ccccc4c23)ccc2ccccc12. The quantitative estimate of drug-likeness (QED) is 0.217. The van der Waals surface area contributed by atoms with Crippen LogP contribution in [0.25, 0.3) is 52.8 Å². The maximum Gasteiger partial charge on any atom is 0.284 e. The maximum atomic E-state index is 12.2. The van der Waals surface area contributed by atoms with Gasteiger partial charge in [0, 0.05) is 20.2 Å². The summed E-state index contributed by atoms with van der Waals surface area (Å²) in [6, 6.07) is 30.1. The minimum Gasteiger partial charge on any atom is -0.258 e. The first-order valence-corrected chi connectivity index (χ1v) is 10.5. The van der Waals surface area contributed by atoms with Crippen LogP contribution in [0.5, 0.6) is 0 Å². The molecule has 0 aliphatic heterocycles. The zero-order chi connectivity index (χ0) is 20.2. The topological polar surface area (TPSA) is 43.1 Å². The zero-order valence-corrected chi connectivity index (χ0v) is 16.6. The lowest BCUT2D eigenvalue weighted by Gasteiger charge is -2.11. The molecule has 0 amide bonds. The number of nitro benzene ring substituents is 1. The van der Waals surface area contributed by atoms with Gasteiger partial charge < -0.3 is 0 Å². The van der Waals surface area contributed by atoms with Gasteiger partial charge in [-0.25, -0.2) is 0 Å². The van der Waals surface area contributed by atoms with Crippen molar-refractivity contribution in [3.05, 3.63) is 101 Å². The summed E-state index contributed by atoms with van der Waals surface area (Å²) in [6.45, 7) is 0. The summed E-state index contributed by atoms with van der Waals surface area (Å²) in [5.74, 6) is 0. The molecule has 142 valence electrons. The third-order valence-electron chi connectivity index (χ3n) is 5.74. The van der Waals surface area contributed by atoms with Crippen LogP contribution in [0.1, 0.15) is 0 Å². The largest absolute Gasteiger partial charge is 0.284 e.